The topological polar surface area (TPSA) is 95.0 Å². The molecule has 8 heteroatoms. The second kappa shape index (κ2) is 12.0. The molecule has 0 aliphatic carbocycles. The minimum Gasteiger partial charge on any atom is -0.486 e. The average molecular weight is 503 g/mol. The number of para-hydroxylation sites is 1. The van der Waals surface area contributed by atoms with Gasteiger partial charge in [-0.15, -0.1) is 0 Å². The number of amides is 2. The Labute approximate surface area is 217 Å². The number of aliphatic hydroxyl groups is 1. The number of carbonyl (C=O) groups is 2. The van der Waals surface area contributed by atoms with E-state index in [1.807, 2.05) is 32.2 Å². The maximum absolute atomic E-state index is 13.6. The largest absolute Gasteiger partial charge is 0.486 e. The monoisotopic (exact) mass is 502 g/mol. The summed E-state index contributed by atoms with van der Waals surface area (Å²) in [6.07, 6.45) is 2.84. The standard InChI is InChI=1S/C29H34N4O4/c1-20-16-33(21(2)19-34)29(36)24-10-7-11-25(31-28(35)23-12-14-30-15-13-23)27(24)37-26(20)18-32(3)17-22-8-5-4-6-9-22/h4-15,20-21,26,34H,16-19H2,1-3H3,(H,31,35)/t20-,21-,26-/m1/s1. The van der Waals surface area contributed by atoms with Gasteiger partial charge in [0.25, 0.3) is 11.8 Å². The van der Waals surface area contributed by atoms with Gasteiger partial charge in [0.05, 0.1) is 23.9 Å². The van der Waals surface area contributed by atoms with Crippen molar-refractivity contribution < 1.29 is 19.4 Å². The predicted octanol–water partition coefficient (Wildman–Crippen LogP) is 3.69. The lowest BCUT2D eigenvalue weighted by molar-refractivity contribution is 0.0343. The molecule has 0 bridgehead atoms. The molecule has 37 heavy (non-hydrogen) atoms. The highest BCUT2D eigenvalue weighted by Gasteiger charge is 2.34. The number of likely N-dealkylation sites (N-methyl/N-ethyl adjacent to an activating group) is 1. The second-order valence-electron chi connectivity index (χ2n) is 9.68. The van der Waals surface area contributed by atoms with Gasteiger partial charge in [-0.05, 0) is 43.8 Å². The lowest BCUT2D eigenvalue weighted by atomic mass is 9.98. The van der Waals surface area contributed by atoms with E-state index in [2.05, 4.69) is 34.3 Å². The first-order chi connectivity index (χ1) is 17.9. The number of nitrogens with one attached hydrogen (secondary N) is 1. The Hall–Kier alpha value is -3.75. The van der Waals surface area contributed by atoms with Crippen LogP contribution in [-0.2, 0) is 6.54 Å². The quantitative estimate of drug-likeness (QED) is 0.488. The highest BCUT2D eigenvalue weighted by Crippen LogP contribution is 2.35. The molecule has 1 aromatic heterocycles. The Balaban J connectivity index is 1.67. The smallest absolute Gasteiger partial charge is 0.258 e. The van der Waals surface area contributed by atoms with Gasteiger partial charge in [0, 0.05) is 43.5 Å². The second-order valence-corrected chi connectivity index (χ2v) is 9.68. The molecule has 3 atom stereocenters. The Morgan fingerprint density at radius 1 is 1.16 bits per heavy atom. The lowest BCUT2D eigenvalue weighted by Crippen LogP contribution is -2.49. The molecule has 0 saturated heterocycles. The van der Waals surface area contributed by atoms with E-state index in [-0.39, 0.29) is 36.5 Å². The summed E-state index contributed by atoms with van der Waals surface area (Å²) in [5, 5.41) is 12.8. The summed E-state index contributed by atoms with van der Waals surface area (Å²) < 4.78 is 6.58. The highest BCUT2D eigenvalue weighted by molar-refractivity contribution is 6.07. The molecule has 0 unspecified atom stereocenters. The van der Waals surface area contributed by atoms with Crippen LogP contribution in [0.5, 0.6) is 5.75 Å². The van der Waals surface area contributed by atoms with Crippen molar-refractivity contribution in [2.24, 2.45) is 5.92 Å². The zero-order valence-corrected chi connectivity index (χ0v) is 21.5. The summed E-state index contributed by atoms with van der Waals surface area (Å²) in [6, 6.07) is 18.3. The van der Waals surface area contributed by atoms with Gasteiger partial charge < -0.3 is 20.1 Å². The maximum Gasteiger partial charge on any atom is 0.258 e. The molecule has 0 saturated carbocycles. The maximum atomic E-state index is 13.6. The number of aromatic nitrogens is 1. The molecule has 1 aliphatic heterocycles. The summed E-state index contributed by atoms with van der Waals surface area (Å²) in [4.78, 5) is 34.4. The van der Waals surface area contributed by atoms with Crippen LogP contribution >= 0.6 is 0 Å². The fraction of sp³-hybridized carbons (Fsp3) is 0.345. The van der Waals surface area contributed by atoms with Crippen molar-refractivity contribution >= 4 is 17.5 Å². The Morgan fingerprint density at radius 3 is 2.59 bits per heavy atom. The van der Waals surface area contributed by atoms with Crippen molar-refractivity contribution in [2.45, 2.75) is 32.5 Å². The number of ether oxygens (including phenoxy) is 1. The van der Waals surface area contributed by atoms with Crippen LogP contribution in [0.25, 0.3) is 0 Å². The molecule has 8 nitrogen and oxygen atoms in total. The van der Waals surface area contributed by atoms with Gasteiger partial charge in [-0.2, -0.15) is 0 Å². The van der Waals surface area contributed by atoms with E-state index in [4.69, 9.17) is 4.74 Å². The van der Waals surface area contributed by atoms with Crippen LogP contribution in [-0.4, -0.2) is 70.6 Å². The number of carbonyl (C=O) groups excluding carboxylic acids is 2. The molecule has 2 N–H and O–H groups in total. The molecular formula is C29H34N4O4. The van der Waals surface area contributed by atoms with E-state index in [0.29, 0.717) is 35.7 Å². The number of hydrogen-bond acceptors (Lipinski definition) is 6. The highest BCUT2D eigenvalue weighted by atomic mass is 16.5. The minimum absolute atomic E-state index is 0.0340. The van der Waals surface area contributed by atoms with E-state index in [9.17, 15) is 14.7 Å². The third kappa shape index (κ3) is 6.34. The minimum atomic E-state index is -0.362. The first-order valence-corrected chi connectivity index (χ1v) is 12.5. The molecule has 2 aromatic carbocycles. The fourth-order valence-corrected chi connectivity index (χ4v) is 4.52. The molecular weight excluding hydrogens is 468 g/mol. The van der Waals surface area contributed by atoms with Crippen molar-refractivity contribution in [1.82, 2.24) is 14.8 Å². The van der Waals surface area contributed by atoms with Crippen LogP contribution in [0.1, 0.15) is 40.1 Å². The van der Waals surface area contributed by atoms with Crippen molar-refractivity contribution in [1.29, 1.82) is 0 Å². The number of hydrogen-bond donors (Lipinski definition) is 2. The number of aliphatic hydroxyl groups excluding tert-OH is 1. The Morgan fingerprint density at radius 2 is 1.89 bits per heavy atom. The fourth-order valence-electron chi connectivity index (χ4n) is 4.52. The number of fused-ring (bicyclic) bond motifs is 1. The van der Waals surface area contributed by atoms with Crippen molar-refractivity contribution in [3.63, 3.8) is 0 Å². The van der Waals surface area contributed by atoms with E-state index in [1.54, 1.807) is 47.6 Å². The van der Waals surface area contributed by atoms with Crippen LogP contribution in [0.3, 0.4) is 0 Å². The molecule has 4 rings (SSSR count). The van der Waals surface area contributed by atoms with Crippen LogP contribution in [0.4, 0.5) is 5.69 Å². The van der Waals surface area contributed by atoms with Gasteiger partial charge in [-0.3, -0.25) is 19.5 Å². The lowest BCUT2D eigenvalue weighted by Gasteiger charge is -2.38. The average Bonchev–Trinajstić information content (AvgIpc) is 2.91. The van der Waals surface area contributed by atoms with Gasteiger partial charge >= 0.3 is 0 Å². The van der Waals surface area contributed by atoms with Crippen LogP contribution in [0.15, 0.2) is 73.1 Å². The molecule has 2 amide bonds. The van der Waals surface area contributed by atoms with Gasteiger partial charge in [0.2, 0.25) is 0 Å². The summed E-state index contributed by atoms with van der Waals surface area (Å²) in [5.74, 6) is -0.247. The molecule has 0 fully saturated rings. The molecule has 1 aliphatic rings. The number of anilines is 1. The third-order valence-electron chi connectivity index (χ3n) is 6.67. The van der Waals surface area contributed by atoms with E-state index < -0.39 is 0 Å². The molecule has 3 aromatic rings. The summed E-state index contributed by atoms with van der Waals surface area (Å²) >= 11 is 0. The van der Waals surface area contributed by atoms with Crippen LogP contribution in [0.2, 0.25) is 0 Å². The van der Waals surface area contributed by atoms with E-state index in [0.717, 1.165) is 6.54 Å². The summed E-state index contributed by atoms with van der Waals surface area (Å²) in [6.45, 7) is 5.53. The van der Waals surface area contributed by atoms with Gasteiger partial charge in [0.15, 0.2) is 5.75 Å². The number of rotatable bonds is 8. The van der Waals surface area contributed by atoms with E-state index >= 15 is 0 Å². The third-order valence-corrected chi connectivity index (χ3v) is 6.67. The Bertz CT molecular complexity index is 1210. The first kappa shape index (κ1) is 26.3. The van der Waals surface area contributed by atoms with E-state index in [1.165, 1.54) is 5.56 Å². The number of pyridine rings is 1. The normalized spacial score (nSPS) is 18.4. The van der Waals surface area contributed by atoms with Crippen LogP contribution < -0.4 is 10.1 Å². The van der Waals surface area contributed by atoms with Crippen LogP contribution in [0, 0.1) is 5.92 Å². The van der Waals surface area contributed by atoms with Gasteiger partial charge in [-0.25, -0.2) is 0 Å². The predicted molar refractivity (Wildman–Crippen MR) is 143 cm³/mol. The molecule has 2 heterocycles. The molecule has 0 radical (unpaired) electrons. The zero-order chi connectivity index (χ0) is 26.4. The van der Waals surface area contributed by atoms with Gasteiger partial charge in [-0.1, -0.05) is 43.3 Å². The van der Waals surface area contributed by atoms with Gasteiger partial charge in [0.1, 0.15) is 6.10 Å². The van der Waals surface area contributed by atoms with Crippen molar-refractivity contribution in [3.05, 3.63) is 89.7 Å². The number of benzene rings is 2. The summed E-state index contributed by atoms with van der Waals surface area (Å²) in [7, 11) is 2.04. The summed E-state index contributed by atoms with van der Waals surface area (Å²) in [5.41, 5.74) is 2.43. The Kier molecular flexibility index (Phi) is 8.53. The van der Waals surface area contributed by atoms with Crippen molar-refractivity contribution in [3.8, 4) is 5.75 Å². The number of nitrogens with zero attached hydrogens (tertiary/aromatic N) is 3. The first-order valence-electron chi connectivity index (χ1n) is 12.5. The SMILES string of the molecule is C[C@@H]1CN([C@H](C)CO)C(=O)c2cccc(NC(=O)c3ccncc3)c2O[C@@H]1CN(C)Cc1ccccc1. The van der Waals surface area contributed by atoms with Crippen molar-refractivity contribution in [2.75, 3.05) is 32.1 Å². The molecule has 194 valence electrons. The molecule has 0 spiro atoms. The zero-order valence-electron chi connectivity index (χ0n) is 21.5.